The number of hydrogen-bond donors (Lipinski definition) is 2. The molecule has 2 N–H and O–H groups in total. The number of nitrogens with one attached hydrogen (secondary N) is 2. The van der Waals surface area contributed by atoms with Gasteiger partial charge in [-0.15, -0.1) is 11.8 Å². The Morgan fingerprint density at radius 2 is 1.61 bits per heavy atom. The highest BCUT2D eigenvalue weighted by Crippen LogP contribution is 2.31. The zero-order valence-electron chi connectivity index (χ0n) is 18.8. The first-order valence-corrected chi connectivity index (χ1v) is 11.4. The van der Waals surface area contributed by atoms with Gasteiger partial charge in [0.1, 0.15) is 17.1 Å². The molecule has 0 saturated carbocycles. The predicted molar refractivity (Wildman–Crippen MR) is 134 cm³/mol. The number of carbonyl (C=O) groups excluding carboxylic acids is 2. The largest absolute Gasteiger partial charge is 0.496 e. The third-order valence-electron chi connectivity index (χ3n) is 4.89. The number of carbonyl (C=O) groups is 2. The van der Waals surface area contributed by atoms with Crippen LogP contribution in [0.15, 0.2) is 65.6 Å². The molecule has 0 saturated heterocycles. The van der Waals surface area contributed by atoms with Gasteiger partial charge in [0.2, 0.25) is 5.91 Å². The summed E-state index contributed by atoms with van der Waals surface area (Å²) in [4.78, 5) is 26.5. The molecule has 0 aliphatic rings. The van der Waals surface area contributed by atoms with E-state index in [4.69, 9.17) is 21.1 Å². The number of hydrogen-bond acceptors (Lipinski definition) is 5. The Bertz CT molecular complexity index is 1150. The number of halogens is 1. The standard InChI is InChI=1S/C25H25ClN2O4S/c1-15-11-12-17(26)13-20(15)28-24(29)16(2)33-19-8-5-7-18(14-19)27-25(30)23-21(31-3)9-6-10-22(23)32-4/h5-14,16H,1-4H3,(H,27,30)(H,28,29). The fourth-order valence-corrected chi connectivity index (χ4v) is 4.24. The minimum atomic E-state index is -0.372. The van der Waals surface area contributed by atoms with E-state index in [2.05, 4.69) is 10.6 Å². The number of anilines is 2. The fourth-order valence-electron chi connectivity index (χ4n) is 3.14. The number of ether oxygens (including phenoxy) is 2. The summed E-state index contributed by atoms with van der Waals surface area (Å²) in [6.45, 7) is 3.73. The molecule has 0 aliphatic carbocycles. The molecule has 2 amide bonds. The molecular formula is C25H25ClN2O4S. The van der Waals surface area contributed by atoms with Crippen molar-refractivity contribution >= 4 is 46.6 Å². The van der Waals surface area contributed by atoms with E-state index in [-0.39, 0.29) is 17.1 Å². The van der Waals surface area contributed by atoms with E-state index in [0.717, 1.165) is 10.5 Å². The van der Waals surface area contributed by atoms with Crippen molar-refractivity contribution in [2.24, 2.45) is 0 Å². The van der Waals surface area contributed by atoms with Gasteiger partial charge in [0.05, 0.1) is 19.5 Å². The lowest BCUT2D eigenvalue weighted by atomic mass is 10.1. The monoisotopic (exact) mass is 484 g/mol. The van der Waals surface area contributed by atoms with Crippen molar-refractivity contribution in [1.29, 1.82) is 0 Å². The first kappa shape index (κ1) is 24.5. The molecule has 3 rings (SSSR count). The maximum Gasteiger partial charge on any atom is 0.263 e. The smallest absolute Gasteiger partial charge is 0.263 e. The summed E-state index contributed by atoms with van der Waals surface area (Å²) in [7, 11) is 3.00. The van der Waals surface area contributed by atoms with E-state index >= 15 is 0 Å². The molecule has 0 radical (unpaired) electrons. The SMILES string of the molecule is COc1cccc(OC)c1C(=O)Nc1cccc(SC(C)C(=O)Nc2cc(Cl)ccc2C)c1. The van der Waals surface area contributed by atoms with Crippen LogP contribution in [-0.4, -0.2) is 31.3 Å². The molecule has 8 heteroatoms. The Hall–Kier alpha value is -3.16. The molecule has 172 valence electrons. The summed E-state index contributed by atoms with van der Waals surface area (Å²) >= 11 is 7.43. The van der Waals surface area contributed by atoms with Gasteiger partial charge in [-0.2, -0.15) is 0 Å². The van der Waals surface area contributed by atoms with Gasteiger partial charge in [-0.05, 0) is 61.9 Å². The van der Waals surface area contributed by atoms with Crippen LogP contribution in [-0.2, 0) is 4.79 Å². The topological polar surface area (TPSA) is 76.7 Å². The first-order chi connectivity index (χ1) is 15.8. The zero-order valence-corrected chi connectivity index (χ0v) is 20.3. The predicted octanol–water partition coefficient (Wildman–Crippen LogP) is 6.04. The van der Waals surface area contributed by atoms with E-state index in [0.29, 0.717) is 33.5 Å². The summed E-state index contributed by atoms with van der Waals surface area (Å²) in [5, 5.41) is 5.99. The van der Waals surface area contributed by atoms with Gasteiger partial charge in [-0.1, -0.05) is 29.8 Å². The molecule has 0 heterocycles. The first-order valence-electron chi connectivity index (χ1n) is 10.2. The van der Waals surface area contributed by atoms with Crippen molar-refractivity contribution in [2.45, 2.75) is 24.0 Å². The molecule has 0 spiro atoms. The second-order valence-electron chi connectivity index (χ2n) is 7.23. The van der Waals surface area contributed by atoms with Crippen LogP contribution in [0.4, 0.5) is 11.4 Å². The Balaban J connectivity index is 1.70. The van der Waals surface area contributed by atoms with E-state index in [9.17, 15) is 9.59 Å². The maximum atomic E-state index is 12.9. The molecule has 6 nitrogen and oxygen atoms in total. The zero-order chi connectivity index (χ0) is 24.0. The molecule has 33 heavy (non-hydrogen) atoms. The second kappa shape index (κ2) is 11.1. The van der Waals surface area contributed by atoms with Crippen molar-refractivity contribution in [3.8, 4) is 11.5 Å². The van der Waals surface area contributed by atoms with Gasteiger partial charge < -0.3 is 20.1 Å². The van der Waals surface area contributed by atoms with Crippen molar-refractivity contribution in [1.82, 2.24) is 0 Å². The van der Waals surface area contributed by atoms with Crippen LogP contribution in [0.25, 0.3) is 0 Å². The number of amides is 2. The van der Waals surface area contributed by atoms with Crippen LogP contribution in [0, 0.1) is 6.92 Å². The number of thioether (sulfide) groups is 1. The lowest BCUT2D eigenvalue weighted by Gasteiger charge is -2.15. The lowest BCUT2D eigenvalue weighted by Crippen LogP contribution is -2.22. The molecule has 3 aromatic rings. The van der Waals surface area contributed by atoms with E-state index in [1.165, 1.54) is 26.0 Å². The van der Waals surface area contributed by atoms with Crippen LogP contribution in [0.5, 0.6) is 11.5 Å². The van der Waals surface area contributed by atoms with E-state index < -0.39 is 0 Å². The number of methoxy groups -OCH3 is 2. The normalized spacial score (nSPS) is 11.4. The molecule has 0 aromatic heterocycles. The van der Waals surface area contributed by atoms with Crippen molar-refractivity contribution in [2.75, 3.05) is 24.9 Å². The third-order valence-corrected chi connectivity index (χ3v) is 6.22. The molecule has 0 aliphatic heterocycles. The number of rotatable bonds is 8. The molecule has 1 atom stereocenters. The van der Waals surface area contributed by atoms with Crippen molar-refractivity contribution in [3.05, 3.63) is 76.8 Å². The Morgan fingerprint density at radius 1 is 0.939 bits per heavy atom. The highest BCUT2D eigenvalue weighted by molar-refractivity contribution is 8.00. The summed E-state index contributed by atoms with van der Waals surface area (Å²) in [5.74, 6) is 0.338. The van der Waals surface area contributed by atoms with Crippen molar-refractivity contribution < 1.29 is 19.1 Å². The Labute approximate surface area is 202 Å². The van der Waals surface area contributed by atoms with Crippen LogP contribution in [0.2, 0.25) is 5.02 Å². The molecule has 3 aromatic carbocycles. The average molecular weight is 485 g/mol. The summed E-state index contributed by atoms with van der Waals surface area (Å²) < 4.78 is 10.6. The van der Waals surface area contributed by atoms with Gasteiger partial charge in [-0.25, -0.2) is 0 Å². The van der Waals surface area contributed by atoms with Crippen LogP contribution < -0.4 is 20.1 Å². The lowest BCUT2D eigenvalue weighted by molar-refractivity contribution is -0.115. The Kier molecular flexibility index (Phi) is 8.25. The minimum Gasteiger partial charge on any atom is -0.496 e. The summed E-state index contributed by atoms with van der Waals surface area (Å²) in [6, 6.07) is 17.8. The second-order valence-corrected chi connectivity index (χ2v) is 9.08. The average Bonchev–Trinajstić information content (AvgIpc) is 2.80. The fraction of sp³-hybridized carbons (Fsp3) is 0.200. The third kappa shape index (κ3) is 6.21. The van der Waals surface area contributed by atoms with Crippen LogP contribution in [0.1, 0.15) is 22.8 Å². The number of aryl methyl sites for hydroxylation is 1. The van der Waals surface area contributed by atoms with Crippen LogP contribution in [0.3, 0.4) is 0 Å². The van der Waals surface area contributed by atoms with Crippen LogP contribution >= 0.6 is 23.4 Å². The molecular weight excluding hydrogens is 460 g/mol. The van der Waals surface area contributed by atoms with Crippen molar-refractivity contribution in [3.63, 3.8) is 0 Å². The molecule has 1 unspecified atom stereocenters. The highest BCUT2D eigenvalue weighted by atomic mass is 35.5. The van der Waals surface area contributed by atoms with E-state index in [1.54, 1.807) is 36.4 Å². The van der Waals surface area contributed by atoms with Gasteiger partial charge >= 0.3 is 0 Å². The van der Waals surface area contributed by atoms with Gasteiger partial charge in [0, 0.05) is 21.3 Å². The van der Waals surface area contributed by atoms with Gasteiger partial charge in [-0.3, -0.25) is 9.59 Å². The maximum absolute atomic E-state index is 12.9. The van der Waals surface area contributed by atoms with E-state index in [1.807, 2.05) is 38.1 Å². The van der Waals surface area contributed by atoms with Gasteiger partial charge in [0.15, 0.2) is 0 Å². The van der Waals surface area contributed by atoms with Gasteiger partial charge in [0.25, 0.3) is 5.91 Å². The summed E-state index contributed by atoms with van der Waals surface area (Å²) in [6.07, 6.45) is 0. The quantitative estimate of drug-likeness (QED) is 0.381. The molecule has 0 bridgehead atoms. The Morgan fingerprint density at radius 3 is 2.27 bits per heavy atom. The minimum absolute atomic E-state index is 0.140. The number of benzene rings is 3. The molecule has 0 fully saturated rings. The summed E-state index contributed by atoms with van der Waals surface area (Å²) in [5.41, 5.74) is 2.52. The highest BCUT2D eigenvalue weighted by Gasteiger charge is 2.19.